The van der Waals surface area contributed by atoms with Crippen molar-refractivity contribution in [1.82, 2.24) is 4.72 Å². The lowest BCUT2D eigenvalue weighted by molar-refractivity contribution is 0.180. The van der Waals surface area contributed by atoms with Crippen LogP contribution in [0.3, 0.4) is 0 Å². The molecule has 0 aliphatic rings. The quantitative estimate of drug-likeness (QED) is 0.863. The van der Waals surface area contributed by atoms with Gasteiger partial charge in [0.2, 0.25) is 10.0 Å². The highest BCUT2D eigenvalue weighted by Gasteiger charge is 2.14. The van der Waals surface area contributed by atoms with Crippen LogP contribution < -0.4 is 4.72 Å². The minimum Gasteiger partial charge on any atom is -0.383 e. The Balaban J connectivity index is 2.63. The Morgan fingerprint density at radius 2 is 1.94 bits per heavy atom. The van der Waals surface area contributed by atoms with Crippen LogP contribution in [0.15, 0.2) is 24.3 Å². The van der Waals surface area contributed by atoms with E-state index in [0.717, 1.165) is 0 Å². The fourth-order valence-electron chi connectivity index (χ4n) is 1.43. The van der Waals surface area contributed by atoms with Gasteiger partial charge >= 0.3 is 0 Å². The average Bonchev–Trinajstić information content (AvgIpc) is 2.20. The highest BCUT2D eigenvalue weighted by Crippen LogP contribution is 2.11. The van der Waals surface area contributed by atoms with Crippen molar-refractivity contribution in [3.63, 3.8) is 0 Å². The third-order valence-corrected chi connectivity index (χ3v) is 3.79. The van der Waals surface area contributed by atoms with Crippen LogP contribution in [0.5, 0.6) is 0 Å². The summed E-state index contributed by atoms with van der Waals surface area (Å²) >= 11 is 5.73. The molecule has 96 valence electrons. The topological polar surface area (TPSA) is 55.4 Å². The lowest BCUT2D eigenvalue weighted by atomic mass is 10.2. The van der Waals surface area contributed by atoms with Gasteiger partial charge < -0.3 is 4.74 Å². The fourth-order valence-corrected chi connectivity index (χ4v) is 2.95. The van der Waals surface area contributed by atoms with Crippen LogP contribution in [0.1, 0.15) is 12.5 Å². The van der Waals surface area contributed by atoms with E-state index < -0.39 is 10.0 Å². The molecule has 0 amide bonds. The Kier molecular flexibility index (Phi) is 5.39. The van der Waals surface area contributed by atoms with Crippen LogP contribution >= 0.6 is 11.6 Å². The van der Waals surface area contributed by atoms with E-state index in [0.29, 0.717) is 17.2 Å². The van der Waals surface area contributed by atoms with Gasteiger partial charge in [0.15, 0.2) is 0 Å². The summed E-state index contributed by atoms with van der Waals surface area (Å²) in [6.07, 6.45) is 0. The zero-order chi connectivity index (χ0) is 12.9. The van der Waals surface area contributed by atoms with Crippen LogP contribution in [-0.4, -0.2) is 28.2 Å². The Labute approximate surface area is 107 Å². The van der Waals surface area contributed by atoms with Crippen LogP contribution in [0.4, 0.5) is 0 Å². The molecule has 0 heterocycles. The monoisotopic (exact) mass is 277 g/mol. The first-order valence-electron chi connectivity index (χ1n) is 5.16. The molecule has 1 aromatic rings. The molecule has 1 atom stereocenters. The summed E-state index contributed by atoms with van der Waals surface area (Å²) in [6.45, 7) is 2.10. The standard InChI is InChI=1S/C11H16ClNO3S/c1-9(7-16-2)13-17(14,15)8-10-3-5-11(12)6-4-10/h3-6,9,13H,7-8H2,1-2H3/t9-/m1/s1. The molecular weight excluding hydrogens is 262 g/mol. The lowest BCUT2D eigenvalue weighted by Crippen LogP contribution is -2.36. The summed E-state index contributed by atoms with van der Waals surface area (Å²) in [6, 6.07) is 6.50. The summed E-state index contributed by atoms with van der Waals surface area (Å²) in [5.41, 5.74) is 0.700. The van der Waals surface area contributed by atoms with Crippen molar-refractivity contribution < 1.29 is 13.2 Å². The van der Waals surface area contributed by atoms with E-state index in [1.807, 2.05) is 0 Å². The van der Waals surface area contributed by atoms with Gasteiger partial charge in [-0.2, -0.15) is 0 Å². The van der Waals surface area contributed by atoms with Gasteiger partial charge in [-0.25, -0.2) is 13.1 Å². The molecule has 0 aliphatic heterocycles. The number of sulfonamides is 1. The van der Waals surface area contributed by atoms with Crippen molar-refractivity contribution in [3.8, 4) is 0 Å². The second kappa shape index (κ2) is 6.35. The molecule has 0 bridgehead atoms. The summed E-state index contributed by atoms with van der Waals surface area (Å²) < 4.78 is 30.9. The molecule has 1 aromatic carbocycles. The number of hydrogen-bond donors (Lipinski definition) is 1. The van der Waals surface area contributed by atoms with E-state index in [4.69, 9.17) is 16.3 Å². The minimum atomic E-state index is -3.34. The average molecular weight is 278 g/mol. The largest absolute Gasteiger partial charge is 0.383 e. The van der Waals surface area contributed by atoms with E-state index in [1.54, 1.807) is 31.2 Å². The number of benzene rings is 1. The predicted octanol–water partition coefficient (Wildman–Crippen LogP) is 1.79. The molecular formula is C11H16ClNO3S. The second-order valence-corrected chi connectivity index (χ2v) is 6.05. The normalized spacial score (nSPS) is 13.6. The molecule has 1 N–H and O–H groups in total. The second-order valence-electron chi connectivity index (χ2n) is 3.86. The Bertz CT molecular complexity index is 444. The molecule has 6 heteroatoms. The first kappa shape index (κ1) is 14.4. The SMILES string of the molecule is COC[C@@H](C)NS(=O)(=O)Cc1ccc(Cl)cc1. The van der Waals surface area contributed by atoms with Crippen LogP contribution in [0.25, 0.3) is 0 Å². The molecule has 0 unspecified atom stereocenters. The minimum absolute atomic E-state index is 0.0573. The summed E-state index contributed by atoms with van der Waals surface area (Å²) in [7, 11) is -1.81. The van der Waals surface area contributed by atoms with Crippen molar-refractivity contribution in [3.05, 3.63) is 34.9 Å². The van der Waals surface area contributed by atoms with E-state index in [2.05, 4.69) is 4.72 Å². The van der Waals surface area contributed by atoms with Gasteiger partial charge in [-0.1, -0.05) is 23.7 Å². The molecule has 0 fully saturated rings. The smallest absolute Gasteiger partial charge is 0.216 e. The number of halogens is 1. The van der Waals surface area contributed by atoms with Crippen molar-refractivity contribution in [2.24, 2.45) is 0 Å². The van der Waals surface area contributed by atoms with Gasteiger partial charge in [-0.05, 0) is 24.6 Å². The van der Waals surface area contributed by atoms with Crippen LogP contribution in [0, 0.1) is 0 Å². The lowest BCUT2D eigenvalue weighted by Gasteiger charge is -2.13. The maximum Gasteiger partial charge on any atom is 0.216 e. The number of methoxy groups -OCH3 is 1. The number of rotatable bonds is 6. The van der Waals surface area contributed by atoms with E-state index in [9.17, 15) is 8.42 Å². The number of nitrogens with one attached hydrogen (secondary N) is 1. The molecule has 0 radical (unpaired) electrons. The molecule has 17 heavy (non-hydrogen) atoms. The molecule has 1 rings (SSSR count). The third kappa shape index (κ3) is 5.50. The van der Waals surface area contributed by atoms with Crippen molar-refractivity contribution in [2.45, 2.75) is 18.7 Å². The molecule has 0 spiro atoms. The zero-order valence-corrected chi connectivity index (χ0v) is 11.4. The molecule has 4 nitrogen and oxygen atoms in total. The Morgan fingerprint density at radius 1 is 1.35 bits per heavy atom. The maximum atomic E-state index is 11.8. The Hall–Kier alpha value is -0.620. The van der Waals surface area contributed by atoms with Crippen molar-refractivity contribution in [1.29, 1.82) is 0 Å². The zero-order valence-electron chi connectivity index (χ0n) is 9.81. The molecule has 0 aliphatic carbocycles. The highest BCUT2D eigenvalue weighted by molar-refractivity contribution is 7.88. The Morgan fingerprint density at radius 3 is 2.47 bits per heavy atom. The van der Waals surface area contributed by atoms with Gasteiger partial charge in [0.25, 0.3) is 0 Å². The predicted molar refractivity (Wildman–Crippen MR) is 68.5 cm³/mol. The van der Waals surface area contributed by atoms with E-state index in [1.165, 1.54) is 7.11 Å². The first-order chi connectivity index (χ1) is 7.93. The number of ether oxygens (including phenoxy) is 1. The van der Waals surface area contributed by atoms with Gasteiger partial charge in [-0.3, -0.25) is 0 Å². The van der Waals surface area contributed by atoms with Crippen LogP contribution in [0.2, 0.25) is 5.02 Å². The number of hydrogen-bond acceptors (Lipinski definition) is 3. The molecule has 0 saturated heterocycles. The van der Waals surface area contributed by atoms with Gasteiger partial charge in [0.05, 0.1) is 12.4 Å². The first-order valence-corrected chi connectivity index (χ1v) is 7.19. The summed E-state index contributed by atoms with van der Waals surface area (Å²) in [4.78, 5) is 0. The molecule has 0 saturated carbocycles. The van der Waals surface area contributed by atoms with Gasteiger partial charge in [0.1, 0.15) is 0 Å². The maximum absolute atomic E-state index is 11.8. The van der Waals surface area contributed by atoms with E-state index >= 15 is 0 Å². The summed E-state index contributed by atoms with van der Waals surface area (Å²) in [5, 5.41) is 0.590. The van der Waals surface area contributed by atoms with Crippen LogP contribution in [-0.2, 0) is 20.5 Å². The van der Waals surface area contributed by atoms with Crippen molar-refractivity contribution >= 4 is 21.6 Å². The summed E-state index contributed by atoms with van der Waals surface area (Å²) in [5.74, 6) is -0.0573. The van der Waals surface area contributed by atoms with Gasteiger partial charge in [0, 0.05) is 18.2 Å². The van der Waals surface area contributed by atoms with Crippen molar-refractivity contribution in [2.75, 3.05) is 13.7 Å². The van der Waals surface area contributed by atoms with E-state index in [-0.39, 0.29) is 11.8 Å². The highest BCUT2D eigenvalue weighted by atomic mass is 35.5. The third-order valence-electron chi connectivity index (χ3n) is 2.07. The molecule has 0 aromatic heterocycles. The van der Waals surface area contributed by atoms with Gasteiger partial charge in [-0.15, -0.1) is 0 Å². The fraction of sp³-hybridized carbons (Fsp3) is 0.455.